The summed E-state index contributed by atoms with van der Waals surface area (Å²) in [6.45, 7) is 9.67. The molecule has 0 aromatic carbocycles. The number of ether oxygens (including phenoxy) is 1. The lowest BCUT2D eigenvalue weighted by Gasteiger charge is -2.24. The summed E-state index contributed by atoms with van der Waals surface area (Å²) < 4.78 is 7.45. The Kier molecular flexibility index (Phi) is 6.58. The Labute approximate surface area is 131 Å². The van der Waals surface area contributed by atoms with Crippen molar-refractivity contribution in [1.82, 2.24) is 14.9 Å². The molecule has 0 aliphatic heterocycles. The smallest absolute Gasteiger partial charge is 0.408 e. The number of thioether (sulfide) groups is 1. The molecule has 5 nitrogen and oxygen atoms in total. The van der Waals surface area contributed by atoms with Gasteiger partial charge in [0.1, 0.15) is 5.60 Å². The molecule has 2 atom stereocenters. The molecule has 1 rings (SSSR count). The average molecular weight is 313 g/mol. The maximum absolute atomic E-state index is 11.9. The van der Waals surface area contributed by atoms with E-state index >= 15 is 0 Å². The fourth-order valence-corrected chi connectivity index (χ4v) is 2.88. The summed E-state index contributed by atoms with van der Waals surface area (Å²) in [5.74, 6) is 1.03. The number of nitrogens with zero attached hydrogens (tertiary/aromatic N) is 2. The van der Waals surface area contributed by atoms with Gasteiger partial charge in [0.15, 0.2) is 0 Å². The maximum Gasteiger partial charge on any atom is 0.408 e. The summed E-state index contributed by atoms with van der Waals surface area (Å²) in [7, 11) is 0. The zero-order chi connectivity index (χ0) is 16.0. The summed E-state index contributed by atoms with van der Waals surface area (Å²) in [6.07, 6.45) is 6.38. The van der Waals surface area contributed by atoms with Gasteiger partial charge >= 0.3 is 6.09 Å². The highest BCUT2D eigenvalue weighted by Gasteiger charge is 2.21. The SMILES string of the molecule is CCC(CSC)n1cncc1[C@@H](C)NC(=O)OC(C)(C)C. The van der Waals surface area contributed by atoms with Gasteiger partial charge in [-0.05, 0) is 40.4 Å². The normalized spacial score (nSPS) is 14.6. The zero-order valence-corrected chi connectivity index (χ0v) is 14.7. The molecule has 120 valence electrons. The number of aromatic nitrogens is 2. The second kappa shape index (κ2) is 7.73. The molecule has 1 amide bonds. The van der Waals surface area contributed by atoms with Gasteiger partial charge in [-0.25, -0.2) is 9.78 Å². The minimum absolute atomic E-state index is 0.141. The van der Waals surface area contributed by atoms with Crippen LogP contribution >= 0.6 is 11.8 Å². The molecule has 1 unspecified atom stereocenters. The maximum atomic E-state index is 11.9. The van der Waals surface area contributed by atoms with Crippen molar-refractivity contribution in [1.29, 1.82) is 0 Å². The number of alkyl carbamates (subject to hydrolysis) is 1. The van der Waals surface area contributed by atoms with Crippen LogP contribution in [-0.4, -0.2) is 33.3 Å². The van der Waals surface area contributed by atoms with Gasteiger partial charge in [-0.2, -0.15) is 11.8 Å². The van der Waals surface area contributed by atoms with E-state index in [4.69, 9.17) is 4.74 Å². The molecule has 0 bridgehead atoms. The summed E-state index contributed by atoms with van der Waals surface area (Å²) in [5, 5.41) is 2.87. The van der Waals surface area contributed by atoms with Gasteiger partial charge in [0.25, 0.3) is 0 Å². The van der Waals surface area contributed by atoms with Gasteiger partial charge in [0.05, 0.1) is 24.3 Å². The molecule has 1 N–H and O–H groups in total. The van der Waals surface area contributed by atoms with E-state index in [2.05, 4.69) is 28.0 Å². The van der Waals surface area contributed by atoms with E-state index in [9.17, 15) is 4.79 Å². The highest BCUT2D eigenvalue weighted by molar-refractivity contribution is 7.98. The molecule has 0 saturated heterocycles. The molecule has 6 heteroatoms. The van der Waals surface area contributed by atoms with Crippen molar-refractivity contribution < 1.29 is 9.53 Å². The Hall–Kier alpha value is -1.17. The van der Waals surface area contributed by atoms with Crippen molar-refractivity contribution in [2.24, 2.45) is 0 Å². The molecule has 0 saturated carbocycles. The number of hydrogen-bond acceptors (Lipinski definition) is 4. The molecular weight excluding hydrogens is 286 g/mol. The van der Waals surface area contributed by atoms with Crippen molar-refractivity contribution in [3.05, 3.63) is 18.2 Å². The van der Waals surface area contributed by atoms with Crippen LogP contribution in [0.4, 0.5) is 4.79 Å². The second-order valence-corrected chi connectivity index (χ2v) is 7.02. The van der Waals surface area contributed by atoms with Crippen LogP contribution in [0.3, 0.4) is 0 Å². The zero-order valence-electron chi connectivity index (χ0n) is 13.8. The molecule has 1 aromatic rings. The van der Waals surface area contributed by atoms with Gasteiger partial charge < -0.3 is 14.6 Å². The summed E-state index contributed by atoms with van der Waals surface area (Å²) in [4.78, 5) is 16.1. The van der Waals surface area contributed by atoms with Crippen LogP contribution in [0.25, 0.3) is 0 Å². The average Bonchev–Trinajstić information content (AvgIpc) is 2.82. The number of carbonyl (C=O) groups is 1. The molecule has 1 heterocycles. The first-order valence-electron chi connectivity index (χ1n) is 7.28. The van der Waals surface area contributed by atoms with Crippen LogP contribution in [-0.2, 0) is 4.74 Å². The predicted octanol–water partition coefficient (Wildman–Crippen LogP) is 3.78. The topological polar surface area (TPSA) is 56.2 Å². The van der Waals surface area contributed by atoms with Crippen molar-refractivity contribution in [3.63, 3.8) is 0 Å². The number of amides is 1. The van der Waals surface area contributed by atoms with E-state index in [1.165, 1.54) is 0 Å². The van der Waals surface area contributed by atoms with Gasteiger partial charge in [0, 0.05) is 11.8 Å². The Morgan fingerprint density at radius 2 is 2.19 bits per heavy atom. The minimum Gasteiger partial charge on any atom is -0.444 e. The van der Waals surface area contributed by atoms with Crippen LogP contribution in [0.1, 0.15) is 58.8 Å². The molecule has 21 heavy (non-hydrogen) atoms. The van der Waals surface area contributed by atoms with Gasteiger partial charge in [-0.15, -0.1) is 0 Å². The molecular formula is C15H27N3O2S. The monoisotopic (exact) mass is 313 g/mol. The molecule has 0 aliphatic carbocycles. The Balaban J connectivity index is 2.77. The molecule has 1 aromatic heterocycles. The fourth-order valence-electron chi connectivity index (χ4n) is 2.10. The number of rotatable bonds is 6. The van der Waals surface area contributed by atoms with Gasteiger partial charge in [-0.1, -0.05) is 6.92 Å². The lowest BCUT2D eigenvalue weighted by Crippen LogP contribution is -2.35. The molecule has 0 aliphatic rings. The molecule has 0 fully saturated rings. The standard InChI is InChI=1S/C15H27N3O2S/c1-7-12(9-21-6)18-10-16-8-13(18)11(2)17-14(19)20-15(3,4)5/h8,10-12H,7,9H2,1-6H3,(H,17,19)/t11-,12?/m1/s1. The Bertz CT molecular complexity index is 454. The van der Waals surface area contributed by atoms with E-state index < -0.39 is 11.7 Å². The van der Waals surface area contributed by atoms with Crippen LogP contribution in [0.5, 0.6) is 0 Å². The first-order chi connectivity index (χ1) is 9.78. The summed E-state index contributed by atoms with van der Waals surface area (Å²) in [6, 6.07) is 0.249. The lowest BCUT2D eigenvalue weighted by atomic mass is 10.2. The van der Waals surface area contributed by atoms with Crippen molar-refractivity contribution in [3.8, 4) is 0 Å². The third kappa shape index (κ3) is 5.61. The van der Waals surface area contributed by atoms with E-state index in [1.54, 1.807) is 0 Å². The van der Waals surface area contributed by atoms with E-state index in [-0.39, 0.29) is 6.04 Å². The minimum atomic E-state index is -0.491. The van der Waals surface area contributed by atoms with Crippen molar-refractivity contribution in [2.75, 3.05) is 12.0 Å². The molecule has 0 spiro atoms. The highest BCUT2D eigenvalue weighted by Crippen LogP contribution is 2.22. The van der Waals surface area contributed by atoms with Crippen molar-refractivity contribution in [2.45, 2.75) is 58.7 Å². The van der Waals surface area contributed by atoms with E-state index in [1.807, 2.05) is 52.0 Å². The van der Waals surface area contributed by atoms with E-state index in [0.29, 0.717) is 6.04 Å². The van der Waals surface area contributed by atoms with Gasteiger partial charge in [-0.3, -0.25) is 0 Å². The predicted molar refractivity (Wildman–Crippen MR) is 87.7 cm³/mol. The van der Waals surface area contributed by atoms with Gasteiger partial charge in [0.2, 0.25) is 0 Å². The Morgan fingerprint density at radius 3 is 2.71 bits per heavy atom. The summed E-state index contributed by atoms with van der Waals surface area (Å²) >= 11 is 1.81. The lowest BCUT2D eigenvalue weighted by molar-refractivity contribution is 0.0506. The van der Waals surface area contributed by atoms with Crippen molar-refractivity contribution >= 4 is 17.9 Å². The third-order valence-corrected chi connectivity index (χ3v) is 3.81. The van der Waals surface area contributed by atoms with Crippen LogP contribution in [0.15, 0.2) is 12.5 Å². The van der Waals surface area contributed by atoms with Crippen LogP contribution in [0, 0.1) is 0 Å². The fraction of sp³-hybridized carbons (Fsp3) is 0.733. The number of hydrogen-bond donors (Lipinski definition) is 1. The first kappa shape index (κ1) is 17.9. The van der Waals surface area contributed by atoms with Crippen LogP contribution in [0.2, 0.25) is 0 Å². The highest BCUT2D eigenvalue weighted by atomic mass is 32.2. The quantitative estimate of drug-likeness (QED) is 0.868. The first-order valence-corrected chi connectivity index (χ1v) is 8.68. The number of nitrogens with one attached hydrogen (secondary N) is 1. The molecule has 0 radical (unpaired) electrons. The largest absolute Gasteiger partial charge is 0.444 e. The second-order valence-electron chi connectivity index (χ2n) is 6.11. The summed E-state index contributed by atoms with van der Waals surface area (Å²) in [5.41, 5.74) is 0.510. The Morgan fingerprint density at radius 1 is 1.52 bits per heavy atom. The van der Waals surface area contributed by atoms with Crippen LogP contribution < -0.4 is 5.32 Å². The number of carbonyl (C=O) groups excluding carboxylic acids is 1. The van der Waals surface area contributed by atoms with E-state index in [0.717, 1.165) is 17.9 Å². The third-order valence-electron chi connectivity index (χ3n) is 3.10. The number of imidazole rings is 1.